The molecule has 4 heteroatoms. The van der Waals surface area contributed by atoms with Gasteiger partial charge in [-0.1, -0.05) is 19.8 Å². The summed E-state index contributed by atoms with van der Waals surface area (Å²) in [6.07, 6.45) is 8.26. The molecule has 1 heterocycles. The molecule has 0 bridgehead atoms. The summed E-state index contributed by atoms with van der Waals surface area (Å²) < 4.78 is 6.21. The van der Waals surface area contributed by atoms with Gasteiger partial charge >= 0.3 is 0 Å². The van der Waals surface area contributed by atoms with Crippen molar-refractivity contribution in [3.05, 3.63) is 0 Å². The van der Waals surface area contributed by atoms with E-state index in [1.807, 2.05) is 13.8 Å². The van der Waals surface area contributed by atoms with Crippen LogP contribution in [0.1, 0.15) is 58.8 Å². The first kappa shape index (κ1) is 13.8. The number of primary amides is 1. The third kappa shape index (κ3) is 2.69. The number of nitrogens with two attached hydrogens (primary N) is 1. The summed E-state index contributed by atoms with van der Waals surface area (Å²) in [4.78, 5) is 11.4. The molecule has 2 rings (SSSR count). The van der Waals surface area contributed by atoms with E-state index in [1.54, 1.807) is 0 Å². The van der Waals surface area contributed by atoms with Gasteiger partial charge in [0, 0.05) is 6.54 Å². The Hall–Kier alpha value is -0.610. The fourth-order valence-corrected chi connectivity index (χ4v) is 3.15. The highest BCUT2D eigenvalue weighted by atomic mass is 16.5. The predicted molar refractivity (Wildman–Crippen MR) is 71.2 cm³/mol. The number of hydrogen-bond donors (Lipinski definition) is 2. The van der Waals surface area contributed by atoms with Crippen molar-refractivity contribution >= 4 is 5.91 Å². The Kier molecular flexibility index (Phi) is 3.97. The largest absolute Gasteiger partial charge is 0.370 e. The first-order chi connectivity index (χ1) is 8.50. The molecule has 3 N–H and O–H groups in total. The van der Waals surface area contributed by atoms with E-state index in [2.05, 4.69) is 5.32 Å². The van der Waals surface area contributed by atoms with E-state index in [4.69, 9.17) is 10.5 Å². The molecule has 1 saturated carbocycles. The van der Waals surface area contributed by atoms with Crippen LogP contribution in [-0.4, -0.2) is 29.7 Å². The van der Waals surface area contributed by atoms with E-state index in [0.29, 0.717) is 6.42 Å². The molecular formula is C14H26N2O2. The van der Waals surface area contributed by atoms with Gasteiger partial charge in [-0.3, -0.25) is 4.79 Å². The molecule has 0 aromatic heterocycles. The monoisotopic (exact) mass is 254 g/mol. The Morgan fingerprint density at radius 1 is 1.44 bits per heavy atom. The molecule has 1 saturated heterocycles. The average molecular weight is 254 g/mol. The molecule has 1 amide bonds. The summed E-state index contributed by atoms with van der Waals surface area (Å²) in [7, 11) is 0. The zero-order valence-corrected chi connectivity index (χ0v) is 11.6. The van der Waals surface area contributed by atoms with Crippen molar-refractivity contribution in [2.24, 2.45) is 5.73 Å². The Bertz CT molecular complexity index is 313. The third-order valence-electron chi connectivity index (χ3n) is 4.82. The van der Waals surface area contributed by atoms with Gasteiger partial charge in [-0.05, 0) is 39.0 Å². The van der Waals surface area contributed by atoms with Gasteiger partial charge in [0.05, 0.1) is 17.2 Å². The SMILES string of the molecule is CCC(C)(NCC1CCC2(CCCC2)O1)C(N)=O. The van der Waals surface area contributed by atoms with E-state index < -0.39 is 5.54 Å². The molecule has 1 aliphatic heterocycles. The van der Waals surface area contributed by atoms with Gasteiger partial charge in [0.1, 0.15) is 0 Å². The van der Waals surface area contributed by atoms with E-state index >= 15 is 0 Å². The molecule has 2 atom stereocenters. The second-order valence-corrected chi connectivity index (χ2v) is 6.10. The second kappa shape index (κ2) is 5.17. The van der Waals surface area contributed by atoms with Crippen LogP contribution in [0, 0.1) is 0 Å². The van der Waals surface area contributed by atoms with Crippen molar-refractivity contribution in [2.75, 3.05) is 6.54 Å². The van der Waals surface area contributed by atoms with Crippen molar-refractivity contribution in [2.45, 2.75) is 76.0 Å². The summed E-state index contributed by atoms with van der Waals surface area (Å²) in [6.45, 7) is 4.58. The van der Waals surface area contributed by atoms with Gasteiger partial charge < -0.3 is 15.8 Å². The Morgan fingerprint density at radius 2 is 2.11 bits per heavy atom. The normalized spacial score (nSPS) is 29.6. The van der Waals surface area contributed by atoms with Gasteiger partial charge in [-0.2, -0.15) is 0 Å². The minimum Gasteiger partial charge on any atom is -0.370 e. The first-order valence-electron chi connectivity index (χ1n) is 7.22. The molecule has 0 aromatic carbocycles. The minimum absolute atomic E-state index is 0.168. The molecule has 4 nitrogen and oxygen atoms in total. The molecule has 1 spiro atoms. The van der Waals surface area contributed by atoms with Crippen LogP contribution >= 0.6 is 0 Å². The lowest BCUT2D eigenvalue weighted by molar-refractivity contribution is -0.124. The number of rotatable bonds is 5. The second-order valence-electron chi connectivity index (χ2n) is 6.10. The van der Waals surface area contributed by atoms with Crippen LogP contribution in [0.4, 0.5) is 0 Å². The molecule has 1 aliphatic carbocycles. The number of carbonyl (C=O) groups is 1. The van der Waals surface area contributed by atoms with Gasteiger partial charge in [0.2, 0.25) is 5.91 Å². The first-order valence-corrected chi connectivity index (χ1v) is 7.22. The van der Waals surface area contributed by atoms with Crippen LogP contribution < -0.4 is 11.1 Å². The quantitative estimate of drug-likeness (QED) is 0.785. The smallest absolute Gasteiger partial charge is 0.237 e. The molecule has 18 heavy (non-hydrogen) atoms. The van der Waals surface area contributed by atoms with E-state index in [9.17, 15) is 4.79 Å². The number of amides is 1. The van der Waals surface area contributed by atoms with Crippen LogP contribution in [0.3, 0.4) is 0 Å². The molecule has 2 fully saturated rings. The van der Waals surface area contributed by atoms with Gasteiger partial charge in [-0.15, -0.1) is 0 Å². The standard InChI is InChI=1S/C14H26N2O2/c1-3-13(2,12(15)17)16-10-11-6-9-14(18-11)7-4-5-8-14/h11,16H,3-10H2,1-2H3,(H2,15,17). The summed E-state index contributed by atoms with van der Waals surface area (Å²) >= 11 is 0. The Labute approximate surface area is 110 Å². The van der Waals surface area contributed by atoms with Gasteiger partial charge in [-0.25, -0.2) is 0 Å². The van der Waals surface area contributed by atoms with Crippen molar-refractivity contribution in [3.8, 4) is 0 Å². The van der Waals surface area contributed by atoms with Crippen LogP contribution in [0.2, 0.25) is 0 Å². The molecule has 0 radical (unpaired) electrons. The molecular weight excluding hydrogens is 228 g/mol. The fourth-order valence-electron chi connectivity index (χ4n) is 3.15. The van der Waals surface area contributed by atoms with Crippen molar-refractivity contribution in [1.29, 1.82) is 0 Å². The fraction of sp³-hybridized carbons (Fsp3) is 0.929. The zero-order chi connectivity index (χ0) is 13.2. The van der Waals surface area contributed by atoms with Crippen LogP contribution in [0.15, 0.2) is 0 Å². The Morgan fingerprint density at radius 3 is 2.67 bits per heavy atom. The topological polar surface area (TPSA) is 64.3 Å². The minimum atomic E-state index is -0.602. The molecule has 104 valence electrons. The maximum Gasteiger partial charge on any atom is 0.237 e. The van der Waals surface area contributed by atoms with E-state index in [1.165, 1.54) is 32.1 Å². The highest BCUT2D eigenvalue weighted by Gasteiger charge is 2.42. The van der Waals surface area contributed by atoms with E-state index in [-0.39, 0.29) is 17.6 Å². The van der Waals surface area contributed by atoms with Gasteiger partial charge in [0.15, 0.2) is 0 Å². The molecule has 2 aliphatic rings. The van der Waals surface area contributed by atoms with Crippen molar-refractivity contribution < 1.29 is 9.53 Å². The summed E-state index contributed by atoms with van der Waals surface area (Å²) in [5, 5.41) is 3.29. The number of hydrogen-bond acceptors (Lipinski definition) is 3. The summed E-state index contributed by atoms with van der Waals surface area (Å²) in [5.41, 5.74) is 5.01. The van der Waals surface area contributed by atoms with Crippen LogP contribution in [0.5, 0.6) is 0 Å². The lowest BCUT2D eigenvalue weighted by atomic mass is 9.97. The average Bonchev–Trinajstić information content (AvgIpc) is 2.97. The maximum absolute atomic E-state index is 11.4. The van der Waals surface area contributed by atoms with Crippen LogP contribution in [0.25, 0.3) is 0 Å². The summed E-state index contributed by atoms with van der Waals surface area (Å²) in [5.74, 6) is -0.279. The molecule has 0 aromatic rings. The Balaban J connectivity index is 1.83. The van der Waals surface area contributed by atoms with Gasteiger partial charge in [0.25, 0.3) is 0 Å². The third-order valence-corrected chi connectivity index (χ3v) is 4.82. The van der Waals surface area contributed by atoms with E-state index in [0.717, 1.165) is 13.0 Å². The maximum atomic E-state index is 11.4. The van der Waals surface area contributed by atoms with Crippen LogP contribution in [-0.2, 0) is 9.53 Å². The number of nitrogens with one attached hydrogen (secondary N) is 1. The number of ether oxygens (including phenoxy) is 1. The lowest BCUT2D eigenvalue weighted by Gasteiger charge is -2.29. The summed E-state index contributed by atoms with van der Waals surface area (Å²) in [6, 6.07) is 0. The predicted octanol–water partition coefficient (Wildman–Crippen LogP) is 1.72. The number of carbonyl (C=O) groups excluding carboxylic acids is 1. The van der Waals surface area contributed by atoms with Crippen molar-refractivity contribution in [3.63, 3.8) is 0 Å². The lowest BCUT2D eigenvalue weighted by Crippen LogP contribution is -2.54. The zero-order valence-electron chi connectivity index (χ0n) is 11.6. The molecule has 2 unspecified atom stereocenters. The highest BCUT2D eigenvalue weighted by molar-refractivity contribution is 5.84. The van der Waals surface area contributed by atoms with Crippen molar-refractivity contribution in [1.82, 2.24) is 5.32 Å². The highest BCUT2D eigenvalue weighted by Crippen LogP contribution is 2.43.